The van der Waals surface area contributed by atoms with Gasteiger partial charge in [-0.25, -0.2) is 0 Å². The average molecular weight is 547 g/mol. The van der Waals surface area contributed by atoms with Crippen LogP contribution in [0, 0.1) is 0 Å². The maximum Gasteiger partial charge on any atom is 0.349 e. The van der Waals surface area contributed by atoms with Crippen molar-refractivity contribution in [3.05, 3.63) is 152 Å². The Hall–Kier alpha value is -3.33. The third-order valence-corrected chi connectivity index (χ3v) is 20.9. The van der Waals surface area contributed by atoms with Crippen molar-refractivity contribution in [2.45, 2.75) is 19.6 Å². The van der Waals surface area contributed by atoms with Crippen molar-refractivity contribution < 1.29 is 8.23 Å². The van der Waals surface area contributed by atoms with Crippen LogP contribution in [0.4, 0.5) is 0 Å². The molecule has 0 spiro atoms. The van der Waals surface area contributed by atoms with E-state index in [1.165, 1.54) is 20.7 Å². The number of benzene rings is 5. The van der Waals surface area contributed by atoms with Crippen LogP contribution in [0.3, 0.4) is 0 Å². The molecule has 2 nitrogen and oxygen atoms in total. The van der Waals surface area contributed by atoms with Crippen molar-refractivity contribution in [2.24, 2.45) is 0 Å². The van der Waals surface area contributed by atoms with Gasteiger partial charge in [-0.2, -0.15) is 0 Å². The molecule has 0 aliphatic carbocycles. The van der Waals surface area contributed by atoms with Gasteiger partial charge in [-0.3, -0.25) is 0 Å². The van der Waals surface area contributed by atoms with Crippen molar-refractivity contribution in [2.75, 3.05) is 0 Å². The van der Waals surface area contributed by atoms with Crippen LogP contribution in [0.5, 0.6) is 0 Å². The van der Waals surface area contributed by atoms with Crippen LogP contribution >= 0.6 is 0 Å². The molecule has 5 rings (SSSR count). The van der Waals surface area contributed by atoms with E-state index >= 15 is 0 Å². The molecule has 5 aromatic carbocycles. The van der Waals surface area contributed by atoms with Crippen molar-refractivity contribution in [1.82, 2.24) is 0 Å². The zero-order chi connectivity index (χ0) is 26.5. The Morgan fingerprint density at radius 3 is 0.763 bits per heavy atom. The lowest BCUT2D eigenvalue weighted by molar-refractivity contribution is 0.415. The van der Waals surface area contributed by atoms with E-state index in [0.29, 0.717) is 0 Å². The van der Waals surface area contributed by atoms with Gasteiger partial charge in [-0.15, -0.1) is 0 Å². The summed E-state index contributed by atoms with van der Waals surface area (Å²) in [5, 5.41) is 6.12. The molecular weight excluding hydrogens is 513 g/mol. The summed E-state index contributed by atoms with van der Waals surface area (Å²) in [6.45, 7) is 6.88. The Balaban J connectivity index is 1.69. The second-order valence-electron chi connectivity index (χ2n) is 10.0. The standard InChI is InChI=1S/C33H34O2Si3/c1-36(29-19-9-4-10-20-29,30-21-11-5-12-22-30)34-38(3,33-27-17-8-18-28-33)35-37(2,31-23-13-6-14-24-31)32-25-15-7-16-26-32/h4-28H,1-3H3. The lowest BCUT2D eigenvalue weighted by Crippen LogP contribution is -2.72. The fraction of sp³-hybridized carbons (Fsp3) is 0.0909. The van der Waals surface area contributed by atoms with E-state index in [-0.39, 0.29) is 0 Å². The maximum atomic E-state index is 7.61. The van der Waals surface area contributed by atoms with Crippen molar-refractivity contribution in [3.8, 4) is 0 Å². The molecule has 0 atom stereocenters. The van der Waals surface area contributed by atoms with Gasteiger partial charge in [0.05, 0.1) is 0 Å². The highest BCUT2D eigenvalue weighted by molar-refractivity contribution is 7.07. The zero-order valence-electron chi connectivity index (χ0n) is 22.3. The summed E-state index contributed by atoms with van der Waals surface area (Å²) in [7, 11) is -8.33. The Kier molecular flexibility index (Phi) is 7.74. The van der Waals surface area contributed by atoms with Crippen molar-refractivity contribution in [1.29, 1.82) is 0 Å². The van der Waals surface area contributed by atoms with Crippen LogP contribution in [-0.4, -0.2) is 25.2 Å². The summed E-state index contributed by atoms with van der Waals surface area (Å²) in [6.07, 6.45) is 0. The molecule has 0 saturated heterocycles. The molecule has 0 unspecified atom stereocenters. The fourth-order valence-electron chi connectivity index (χ4n) is 5.25. The third-order valence-electron chi connectivity index (χ3n) is 7.39. The molecule has 38 heavy (non-hydrogen) atoms. The Labute approximate surface area is 230 Å². The smallest absolute Gasteiger partial charge is 0.349 e. The average Bonchev–Trinajstić information content (AvgIpc) is 2.99. The summed E-state index contributed by atoms with van der Waals surface area (Å²) < 4.78 is 15.2. The Morgan fingerprint density at radius 1 is 0.316 bits per heavy atom. The molecule has 0 bridgehead atoms. The largest absolute Gasteiger partial charge is 0.425 e. The second-order valence-corrected chi connectivity index (χ2v) is 20.6. The van der Waals surface area contributed by atoms with Gasteiger partial charge in [0.25, 0.3) is 0 Å². The first-order valence-electron chi connectivity index (χ1n) is 13.1. The molecule has 0 heterocycles. The van der Waals surface area contributed by atoms with E-state index in [0.717, 1.165) is 5.19 Å². The van der Waals surface area contributed by atoms with E-state index in [9.17, 15) is 0 Å². The molecule has 5 aromatic rings. The van der Waals surface area contributed by atoms with E-state index in [1.807, 2.05) is 0 Å². The van der Waals surface area contributed by atoms with Gasteiger partial charge in [0.15, 0.2) is 0 Å². The molecule has 0 radical (unpaired) electrons. The lowest BCUT2D eigenvalue weighted by Gasteiger charge is -2.43. The Morgan fingerprint density at radius 2 is 0.526 bits per heavy atom. The lowest BCUT2D eigenvalue weighted by atomic mass is 10.4. The zero-order valence-corrected chi connectivity index (χ0v) is 25.3. The van der Waals surface area contributed by atoms with Gasteiger partial charge < -0.3 is 8.23 Å². The predicted octanol–water partition coefficient (Wildman–Crippen LogP) is 4.78. The number of hydrogen-bond donors (Lipinski definition) is 0. The first-order valence-corrected chi connectivity index (χ1v) is 20.3. The van der Waals surface area contributed by atoms with Crippen molar-refractivity contribution >= 4 is 51.1 Å². The van der Waals surface area contributed by atoms with Crippen LogP contribution in [0.25, 0.3) is 0 Å². The highest BCUT2D eigenvalue weighted by Crippen LogP contribution is 2.22. The van der Waals surface area contributed by atoms with Crippen LogP contribution < -0.4 is 25.9 Å². The second kappa shape index (κ2) is 11.2. The SMILES string of the molecule is C[Si](O[Si](C)(c1ccccc1)c1ccccc1)(O[Si](C)(c1ccccc1)c1ccccc1)c1ccccc1. The van der Waals surface area contributed by atoms with Gasteiger partial charge in [-0.05, 0) is 45.6 Å². The number of hydrogen-bond acceptors (Lipinski definition) is 2. The van der Waals surface area contributed by atoms with E-state index in [4.69, 9.17) is 8.23 Å². The molecular formula is C33H34O2Si3. The monoisotopic (exact) mass is 546 g/mol. The molecule has 0 aliphatic rings. The molecule has 0 N–H and O–H groups in total. The van der Waals surface area contributed by atoms with Crippen LogP contribution in [0.15, 0.2) is 152 Å². The highest BCUT2D eigenvalue weighted by atomic mass is 28.5. The van der Waals surface area contributed by atoms with Crippen LogP contribution in [-0.2, 0) is 8.23 Å². The quantitative estimate of drug-likeness (QED) is 0.248. The van der Waals surface area contributed by atoms with Gasteiger partial charge in [0.2, 0.25) is 16.6 Å². The summed E-state index contributed by atoms with van der Waals surface area (Å²) in [5.74, 6) is 0. The highest BCUT2D eigenvalue weighted by Gasteiger charge is 2.50. The fourth-order valence-corrected chi connectivity index (χ4v) is 19.6. The van der Waals surface area contributed by atoms with Gasteiger partial charge >= 0.3 is 8.56 Å². The molecule has 0 fully saturated rings. The maximum absolute atomic E-state index is 7.61. The first kappa shape index (κ1) is 26.3. The summed E-state index contributed by atoms with van der Waals surface area (Å²) in [5.41, 5.74) is 0. The number of rotatable bonds is 9. The summed E-state index contributed by atoms with van der Waals surface area (Å²) in [4.78, 5) is 0. The molecule has 5 heteroatoms. The van der Waals surface area contributed by atoms with Gasteiger partial charge in [0, 0.05) is 0 Å². The minimum absolute atomic E-state index is 1.15. The summed E-state index contributed by atoms with van der Waals surface area (Å²) >= 11 is 0. The van der Waals surface area contributed by atoms with Crippen LogP contribution in [0.1, 0.15) is 0 Å². The van der Waals surface area contributed by atoms with E-state index in [1.54, 1.807) is 0 Å². The molecule has 0 aliphatic heterocycles. The molecule has 0 amide bonds. The first-order chi connectivity index (χ1) is 18.4. The van der Waals surface area contributed by atoms with Gasteiger partial charge in [0.1, 0.15) is 0 Å². The Bertz CT molecular complexity index is 1260. The summed E-state index contributed by atoms with van der Waals surface area (Å²) in [6, 6.07) is 53.5. The molecule has 190 valence electrons. The van der Waals surface area contributed by atoms with E-state index in [2.05, 4.69) is 171 Å². The molecule has 0 saturated carbocycles. The normalized spacial score (nSPS) is 12.3. The molecule has 0 aromatic heterocycles. The van der Waals surface area contributed by atoms with E-state index < -0.39 is 25.2 Å². The minimum atomic E-state index is -3.00. The van der Waals surface area contributed by atoms with Crippen LogP contribution in [0.2, 0.25) is 19.6 Å². The topological polar surface area (TPSA) is 18.5 Å². The van der Waals surface area contributed by atoms with Gasteiger partial charge in [-0.1, -0.05) is 152 Å². The van der Waals surface area contributed by atoms with Crippen molar-refractivity contribution in [3.63, 3.8) is 0 Å². The minimum Gasteiger partial charge on any atom is -0.425 e. The predicted molar refractivity (Wildman–Crippen MR) is 167 cm³/mol. The third kappa shape index (κ3) is 5.29.